The highest BCUT2D eigenvalue weighted by Crippen LogP contribution is 2.24. The molecule has 0 aliphatic carbocycles. The van der Waals surface area contributed by atoms with Crippen molar-refractivity contribution in [3.63, 3.8) is 0 Å². The van der Waals surface area contributed by atoms with Crippen LogP contribution < -0.4 is 5.32 Å². The lowest BCUT2D eigenvalue weighted by Gasteiger charge is -2.11. The number of carbonyl (C=O) groups excluding carboxylic acids is 1. The Morgan fingerprint density at radius 3 is 2.68 bits per heavy atom. The summed E-state index contributed by atoms with van der Waals surface area (Å²) in [6, 6.07) is 11.1. The van der Waals surface area contributed by atoms with E-state index in [2.05, 4.69) is 25.8 Å². The van der Waals surface area contributed by atoms with Crippen molar-refractivity contribution in [2.75, 3.05) is 5.32 Å². The molecule has 2 aromatic heterocycles. The monoisotopic (exact) mass is 374 g/mol. The third-order valence-corrected chi connectivity index (χ3v) is 4.61. The van der Waals surface area contributed by atoms with Gasteiger partial charge >= 0.3 is 0 Å². The van der Waals surface area contributed by atoms with Gasteiger partial charge in [0.15, 0.2) is 0 Å². The number of hydrogen-bond donors (Lipinski definition) is 1. The van der Waals surface area contributed by atoms with Crippen molar-refractivity contribution in [2.45, 2.75) is 24.3 Å². The van der Waals surface area contributed by atoms with Crippen LogP contribution in [-0.4, -0.2) is 36.3 Å². The fraction of sp³-hybridized carbons (Fsp3) is 0.188. The van der Waals surface area contributed by atoms with Crippen LogP contribution in [0.4, 0.5) is 5.82 Å². The van der Waals surface area contributed by atoms with Gasteiger partial charge in [-0.25, -0.2) is 4.98 Å². The maximum Gasteiger partial charge on any atom is 0.238 e. The second kappa shape index (κ2) is 7.62. The second-order valence-electron chi connectivity index (χ2n) is 5.32. The summed E-state index contributed by atoms with van der Waals surface area (Å²) in [6.07, 6.45) is 1.48. The highest BCUT2D eigenvalue weighted by Gasteiger charge is 2.19. The van der Waals surface area contributed by atoms with E-state index in [0.717, 1.165) is 11.3 Å². The summed E-state index contributed by atoms with van der Waals surface area (Å²) in [5.41, 5.74) is 1.99. The molecule has 0 unspecified atom stereocenters. The third-order valence-electron chi connectivity index (χ3n) is 3.35. The molecule has 1 N–H and O–H groups in total. The number of carbonyl (C=O) groups is 1. The zero-order valence-electron chi connectivity index (χ0n) is 13.5. The number of thioether (sulfide) groups is 1. The van der Waals surface area contributed by atoms with Gasteiger partial charge in [0.25, 0.3) is 0 Å². The summed E-state index contributed by atoms with van der Waals surface area (Å²) in [6.45, 7) is 3.79. The van der Waals surface area contributed by atoms with Crippen LogP contribution in [0.25, 0.3) is 5.69 Å². The number of nitrogens with zero attached hydrogens (tertiary/aromatic N) is 5. The van der Waals surface area contributed by atoms with Crippen molar-refractivity contribution in [1.29, 1.82) is 0 Å². The van der Waals surface area contributed by atoms with E-state index in [1.807, 2.05) is 31.2 Å². The molecule has 1 amide bonds. The van der Waals surface area contributed by atoms with E-state index < -0.39 is 5.25 Å². The predicted molar refractivity (Wildman–Crippen MR) is 97.1 cm³/mol. The molecule has 3 aromatic rings. The molecule has 9 heteroatoms. The summed E-state index contributed by atoms with van der Waals surface area (Å²) in [5.74, 6) is 0.248. The average Bonchev–Trinajstić information content (AvgIpc) is 3.05. The summed E-state index contributed by atoms with van der Waals surface area (Å²) < 4.78 is 1.61. The van der Waals surface area contributed by atoms with Gasteiger partial charge in [0.1, 0.15) is 5.82 Å². The van der Waals surface area contributed by atoms with Crippen LogP contribution in [0.3, 0.4) is 0 Å². The second-order valence-corrected chi connectivity index (χ2v) is 7.06. The van der Waals surface area contributed by atoms with E-state index in [1.54, 1.807) is 23.7 Å². The Kier molecular flexibility index (Phi) is 5.30. The maximum absolute atomic E-state index is 12.3. The number of tetrazole rings is 1. The molecule has 0 aliphatic heterocycles. The first-order valence-electron chi connectivity index (χ1n) is 7.47. The molecule has 0 saturated carbocycles. The first-order valence-corrected chi connectivity index (χ1v) is 8.73. The highest BCUT2D eigenvalue weighted by molar-refractivity contribution is 8.00. The zero-order valence-corrected chi connectivity index (χ0v) is 15.1. The fourth-order valence-electron chi connectivity index (χ4n) is 1.99. The van der Waals surface area contributed by atoms with Crippen LogP contribution >= 0.6 is 23.4 Å². The standard InChI is InChI=1S/C16H15ClN6OS/c1-10-3-6-13(7-4-10)23-16(20-21-22-23)25-11(2)15(24)19-14-8-5-12(17)9-18-14/h3-9,11H,1-2H3,(H,18,19,24)/t11-/m0/s1. The van der Waals surface area contributed by atoms with E-state index >= 15 is 0 Å². The minimum atomic E-state index is -0.410. The van der Waals surface area contributed by atoms with Crippen LogP contribution in [0.15, 0.2) is 47.8 Å². The quantitative estimate of drug-likeness (QED) is 0.690. The lowest BCUT2D eigenvalue weighted by Crippen LogP contribution is -2.23. The lowest BCUT2D eigenvalue weighted by atomic mass is 10.2. The van der Waals surface area contributed by atoms with E-state index in [9.17, 15) is 4.79 Å². The first-order chi connectivity index (χ1) is 12.0. The number of aromatic nitrogens is 5. The molecule has 0 aliphatic rings. The van der Waals surface area contributed by atoms with Gasteiger partial charge in [-0.1, -0.05) is 41.1 Å². The lowest BCUT2D eigenvalue weighted by molar-refractivity contribution is -0.115. The molecule has 1 atom stereocenters. The Morgan fingerprint density at radius 1 is 1.24 bits per heavy atom. The largest absolute Gasteiger partial charge is 0.310 e. The Labute approximate surface area is 153 Å². The van der Waals surface area contributed by atoms with Crippen molar-refractivity contribution in [1.82, 2.24) is 25.2 Å². The zero-order chi connectivity index (χ0) is 17.8. The molecule has 0 spiro atoms. The molecule has 0 fully saturated rings. The molecule has 0 bridgehead atoms. The van der Waals surface area contributed by atoms with Gasteiger partial charge in [0.05, 0.1) is 16.0 Å². The molecule has 0 radical (unpaired) electrons. The normalized spacial score (nSPS) is 12.0. The summed E-state index contributed by atoms with van der Waals surface area (Å²) in [4.78, 5) is 16.4. The third kappa shape index (κ3) is 4.34. The van der Waals surface area contributed by atoms with Gasteiger partial charge in [-0.3, -0.25) is 4.79 Å². The molecule has 1 aromatic carbocycles. The van der Waals surface area contributed by atoms with Crippen LogP contribution in [0.2, 0.25) is 5.02 Å². The van der Waals surface area contributed by atoms with E-state index in [0.29, 0.717) is 16.0 Å². The van der Waals surface area contributed by atoms with Gasteiger partial charge in [-0.2, -0.15) is 4.68 Å². The molecule has 128 valence electrons. The molecule has 7 nitrogen and oxygen atoms in total. The number of benzene rings is 1. The molecule has 3 rings (SSSR count). The minimum absolute atomic E-state index is 0.196. The maximum atomic E-state index is 12.3. The van der Waals surface area contributed by atoms with Crippen molar-refractivity contribution in [2.24, 2.45) is 0 Å². The average molecular weight is 375 g/mol. The number of rotatable bonds is 5. The molecule has 25 heavy (non-hydrogen) atoms. The van der Waals surface area contributed by atoms with Gasteiger partial charge in [0.2, 0.25) is 11.1 Å². The number of halogens is 1. The number of aryl methyl sites for hydroxylation is 1. The smallest absolute Gasteiger partial charge is 0.238 e. The van der Waals surface area contributed by atoms with Crippen molar-refractivity contribution in [3.05, 3.63) is 53.2 Å². The van der Waals surface area contributed by atoms with Crippen LogP contribution in [-0.2, 0) is 4.79 Å². The number of hydrogen-bond acceptors (Lipinski definition) is 6. The van der Waals surface area contributed by atoms with E-state index in [-0.39, 0.29) is 5.91 Å². The topological polar surface area (TPSA) is 85.6 Å². The summed E-state index contributed by atoms with van der Waals surface area (Å²) >= 11 is 7.05. The van der Waals surface area contributed by atoms with Crippen molar-refractivity contribution < 1.29 is 4.79 Å². The molecule has 2 heterocycles. The highest BCUT2D eigenvalue weighted by atomic mass is 35.5. The number of pyridine rings is 1. The Morgan fingerprint density at radius 2 is 2.00 bits per heavy atom. The molecular formula is C16H15ClN6OS. The Bertz CT molecular complexity index is 865. The fourth-order valence-corrected chi connectivity index (χ4v) is 2.91. The van der Waals surface area contributed by atoms with Gasteiger partial charge in [0, 0.05) is 6.20 Å². The summed E-state index contributed by atoms with van der Waals surface area (Å²) in [7, 11) is 0. The van der Waals surface area contributed by atoms with Crippen LogP contribution in [0, 0.1) is 6.92 Å². The number of anilines is 1. The Balaban J connectivity index is 1.70. The molecular weight excluding hydrogens is 360 g/mol. The first kappa shape index (κ1) is 17.4. The van der Waals surface area contributed by atoms with Gasteiger partial charge < -0.3 is 5.32 Å². The van der Waals surface area contributed by atoms with Crippen LogP contribution in [0.5, 0.6) is 0 Å². The number of amides is 1. The predicted octanol–water partition coefficient (Wildman–Crippen LogP) is 3.14. The van der Waals surface area contributed by atoms with Gasteiger partial charge in [-0.05, 0) is 48.5 Å². The SMILES string of the molecule is Cc1ccc(-n2nnnc2S[C@@H](C)C(=O)Nc2ccc(Cl)cn2)cc1. The van der Waals surface area contributed by atoms with Crippen molar-refractivity contribution in [3.8, 4) is 5.69 Å². The molecule has 0 saturated heterocycles. The number of nitrogens with one attached hydrogen (secondary N) is 1. The Hall–Kier alpha value is -2.45. The summed E-state index contributed by atoms with van der Waals surface area (Å²) in [5, 5.41) is 15.1. The van der Waals surface area contributed by atoms with Gasteiger partial charge in [-0.15, -0.1) is 5.10 Å². The van der Waals surface area contributed by atoms with E-state index in [4.69, 9.17) is 11.6 Å². The van der Waals surface area contributed by atoms with Crippen LogP contribution in [0.1, 0.15) is 12.5 Å². The van der Waals surface area contributed by atoms with Crippen molar-refractivity contribution >= 4 is 35.1 Å². The minimum Gasteiger partial charge on any atom is -0.310 e. The van der Waals surface area contributed by atoms with E-state index in [1.165, 1.54) is 18.0 Å².